The molecular weight excluding hydrogens is 144 g/mol. The van der Waals surface area contributed by atoms with Gasteiger partial charge in [-0.3, -0.25) is 5.41 Å². The van der Waals surface area contributed by atoms with Gasteiger partial charge in [0.05, 0.1) is 0 Å². The van der Waals surface area contributed by atoms with E-state index in [2.05, 4.69) is 15.3 Å². The second-order valence-corrected chi connectivity index (χ2v) is 2.20. The van der Waals surface area contributed by atoms with Crippen LogP contribution in [0, 0.1) is 5.41 Å². The van der Waals surface area contributed by atoms with Crippen molar-refractivity contribution in [1.29, 1.82) is 5.41 Å². The molecule has 11 heavy (non-hydrogen) atoms. The SMILES string of the molecule is CC1N=C(N)N=C(N)NC1=N. The molecule has 60 valence electrons. The van der Waals surface area contributed by atoms with Crippen molar-refractivity contribution in [3.63, 3.8) is 0 Å². The van der Waals surface area contributed by atoms with Gasteiger partial charge in [-0.15, -0.1) is 0 Å². The van der Waals surface area contributed by atoms with Crippen LogP contribution < -0.4 is 16.8 Å². The number of nitrogens with one attached hydrogen (secondary N) is 2. The molecule has 1 unspecified atom stereocenters. The first-order valence-electron chi connectivity index (χ1n) is 3.12. The molecule has 0 spiro atoms. The fourth-order valence-electron chi connectivity index (χ4n) is 0.686. The largest absolute Gasteiger partial charge is 0.369 e. The summed E-state index contributed by atoms with van der Waals surface area (Å²) in [6.45, 7) is 1.73. The Morgan fingerprint density at radius 2 is 2.18 bits per heavy atom. The van der Waals surface area contributed by atoms with Crippen LogP contribution in [0.25, 0.3) is 0 Å². The fourth-order valence-corrected chi connectivity index (χ4v) is 0.686. The van der Waals surface area contributed by atoms with E-state index in [4.69, 9.17) is 16.9 Å². The van der Waals surface area contributed by atoms with E-state index < -0.39 is 0 Å². The topological polar surface area (TPSA) is 113 Å². The predicted octanol–water partition coefficient (Wildman–Crippen LogP) is -1.42. The maximum atomic E-state index is 7.32. The molecular formula is C5H10N6. The predicted molar refractivity (Wildman–Crippen MR) is 43.6 cm³/mol. The molecule has 0 saturated carbocycles. The van der Waals surface area contributed by atoms with Gasteiger partial charge < -0.3 is 16.8 Å². The molecule has 0 fully saturated rings. The molecule has 1 aliphatic heterocycles. The van der Waals surface area contributed by atoms with Crippen LogP contribution in [0.5, 0.6) is 0 Å². The number of aliphatic imine (C=N–C) groups is 2. The zero-order chi connectivity index (χ0) is 8.43. The fraction of sp³-hybridized carbons (Fsp3) is 0.400. The Morgan fingerprint density at radius 1 is 1.55 bits per heavy atom. The molecule has 1 rings (SSSR count). The van der Waals surface area contributed by atoms with E-state index in [0.29, 0.717) is 0 Å². The van der Waals surface area contributed by atoms with Crippen LogP contribution in [0.3, 0.4) is 0 Å². The highest BCUT2D eigenvalue weighted by atomic mass is 15.2. The molecule has 0 saturated heterocycles. The molecule has 6 N–H and O–H groups in total. The number of guanidine groups is 2. The Hall–Kier alpha value is -1.59. The summed E-state index contributed by atoms with van der Waals surface area (Å²) in [6, 6.07) is -0.306. The van der Waals surface area contributed by atoms with Crippen molar-refractivity contribution in [3.05, 3.63) is 0 Å². The van der Waals surface area contributed by atoms with Crippen molar-refractivity contribution in [2.45, 2.75) is 13.0 Å². The van der Waals surface area contributed by atoms with Crippen LogP contribution in [0.15, 0.2) is 9.98 Å². The normalized spacial score (nSPS) is 24.8. The smallest absolute Gasteiger partial charge is 0.219 e. The molecule has 6 heteroatoms. The number of hydrogen-bond acceptors (Lipinski definition) is 5. The highest BCUT2D eigenvalue weighted by Gasteiger charge is 2.12. The molecule has 1 heterocycles. The van der Waals surface area contributed by atoms with Crippen molar-refractivity contribution in [2.75, 3.05) is 0 Å². The van der Waals surface area contributed by atoms with Gasteiger partial charge in [0.2, 0.25) is 11.9 Å². The summed E-state index contributed by atoms with van der Waals surface area (Å²) in [7, 11) is 0. The Kier molecular flexibility index (Phi) is 1.75. The summed E-state index contributed by atoms with van der Waals surface area (Å²) in [5.74, 6) is 0.414. The number of rotatable bonds is 0. The quantitative estimate of drug-likeness (QED) is 0.343. The number of nitrogens with zero attached hydrogens (tertiary/aromatic N) is 2. The summed E-state index contributed by atoms with van der Waals surface area (Å²) < 4.78 is 0. The maximum absolute atomic E-state index is 7.32. The standard InChI is InChI=1S/C5H10N6/c1-2-3(6)10-5(8)11-4(7)9-2/h2H,1H3,(H6,6,7,8,9,10,11). The molecule has 0 aliphatic carbocycles. The lowest BCUT2D eigenvalue weighted by Gasteiger charge is -2.05. The summed E-state index contributed by atoms with van der Waals surface area (Å²) >= 11 is 0. The van der Waals surface area contributed by atoms with E-state index in [0.717, 1.165) is 0 Å². The van der Waals surface area contributed by atoms with Crippen molar-refractivity contribution in [1.82, 2.24) is 5.32 Å². The van der Waals surface area contributed by atoms with E-state index in [1.54, 1.807) is 6.92 Å². The van der Waals surface area contributed by atoms with E-state index in [1.807, 2.05) is 0 Å². The van der Waals surface area contributed by atoms with Crippen LogP contribution >= 0.6 is 0 Å². The zero-order valence-electron chi connectivity index (χ0n) is 6.13. The second-order valence-electron chi connectivity index (χ2n) is 2.20. The van der Waals surface area contributed by atoms with Gasteiger partial charge in [-0.25, -0.2) is 4.99 Å². The number of amidine groups is 1. The van der Waals surface area contributed by atoms with E-state index >= 15 is 0 Å². The van der Waals surface area contributed by atoms with Crippen LogP contribution in [-0.4, -0.2) is 23.8 Å². The monoisotopic (exact) mass is 154 g/mol. The molecule has 0 aromatic carbocycles. The highest BCUT2D eigenvalue weighted by Crippen LogP contribution is 1.93. The lowest BCUT2D eigenvalue weighted by Crippen LogP contribution is -2.39. The van der Waals surface area contributed by atoms with Gasteiger partial charge in [0.1, 0.15) is 11.9 Å². The van der Waals surface area contributed by atoms with E-state index in [-0.39, 0.29) is 23.8 Å². The van der Waals surface area contributed by atoms with Gasteiger partial charge in [0.25, 0.3) is 0 Å². The third kappa shape index (κ3) is 1.66. The number of hydrogen-bond donors (Lipinski definition) is 4. The Labute approximate surface area is 63.9 Å². The Balaban J connectivity index is 2.90. The third-order valence-corrected chi connectivity index (χ3v) is 1.24. The van der Waals surface area contributed by atoms with E-state index in [1.165, 1.54) is 0 Å². The third-order valence-electron chi connectivity index (χ3n) is 1.24. The Bertz CT molecular complexity index is 239. The van der Waals surface area contributed by atoms with Crippen LogP contribution in [-0.2, 0) is 0 Å². The zero-order valence-corrected chi connectivity index (χ0v) is 6.13. The first-order chi connectivity index (χ1) is 5.09. The van der Waals surface area contributed by atoms with Crippen LogP contribution in [0.1, 0.15) is 6.92 Å². The minimum Gasteiger partial charge on any atom is -0.369 e. The lowest BCUT2D eigenvalue weighted by molar-refractivity contribution is 0.933. The van der Waals surface area contributed by atoms with Crippen molar-refractivity contribution in [2.24, 2.45) is 21.5 Å². The number of nitrogens with two attached hydrogens (primary N) is 2. The second kappa shape index (κ2) is 2.57. The molecule has 6 nitrogen and oxygen atoms in total. The van der Waals surface area contributed by atoms with E-state index in [9.17, 15) is 0 Å². The van der Waals surface area contributed by atoms with Gasteiger partial charge in [-0.2, -0.15) is 4.99 Å². The Morgan fingerprint density at radius 3 is 2.82 bits per heavy atom. The first kappa shape index (κ1) is 7.52. The van der Waals surface area contributed by atoms with Gasteiger partial charge in [0.15, 0.2) is 0 Å². The van der Waals surface area contributed by atoms with Gasteiger partial charge in [0, 0.05) is 0 Å². The molecule has 1 aliphatic rings. The molecule has 0 aromatic rings. The summed E-state index contributed by atoms with van der Waals surface area (Å²) in [6.07, 6.45) is 0. The maximum Gasteiger partial charge on any atom is 0.219 e. The van der Waals surface area contributed by atoms with Gasteiger partial charge >= 0.3 is 0 Å². The molecule has 0 amide bonds. The van der Waals surface area contributed by atoms with Gasteiger partial charge in [-0.05, 0) is 6.92 Å². The summed E-state index contributed by atoms with van der Waals surface area (Å²) in [5.41, 5.74) is 10.6. The summed E-state index contributed by atoms with van der Waals surface area (Å²) in [4.78, 5) is 7.50. The van der Waals surface area contributed by atoms with Crippen molar-refractivity contribution >= 4 is 17.8 Å². The van der Waals surface area contributed by atoms with Gasteiger partial charge in [-0.1, -0.05) is 0 Å². The average molecular weight is 154 g/mol. The minimum absolute atomic E-state index is 0.102. The highest BCUT2D eigenvalue weighted by molar-refractivity contribution is 6.06. The first-order valence-corrected chi connectivity index (χ1v) is 3.12. The molecule has 0 radical (unpaired) electrons. The lowest BCUT2D eigenvalue weighted by atomic mass is 10.3. The molecule has 0 aromatic heterocycles. The van der Waals surface area contributed by atoms with Crippen molar-refractivity contribution < 1.29 is 0 Å². The minimum atomic E-state index is -0.306. The van der Waals surface area contributed by atoms with Crippen LogP contribution in [0.2, 0.25) is 0 Å². The van der Waals surface area contributed by atoms with Crippen molar-refractivity contribution in [3.8, 4) is 0 Å². The molecule has 0 bridgehead atoms. The summed E-state index contributed by atoms with van der Waals surface area (Å²) in [5, 5.41) is 9.86. The molecule has 1 atom stereocenters. The van der Waals surface area contributed by atoms with Crippen LogP contribution in [0.4, 0.5) is 0 Å². The average Bonchev–Trinajstić information content (AvgIpc) is 1.93.